The summed E-state index contributed by atoms with van der Waals surface area (Å²) < 4.78 is 72.2. The van der Waals surface area contributed by atoms with Gasteiger partial charge in [0.25, 0.3) is 0 Å². The summed E-state index contributed by atoms with van der Waals surface area (Å²) in [4.78, 5) is 31.4. The minimum atomic E-state index is -5.25. The van der Waals surface area contributed by atoms with Crippen molar-refractivity contribution in [2.24, 2.45) is 7.05 Å². The zero-order valence-corrected chi connectivity index (χ0v) is 22.4. The minimum Gasteiger partial charge on any atom is -0.403 e. The van der Waals surface area contributed by atoms with E-state index in [-0.39, 0.29) is 23.4 Å². The number of benzene rings is 3. The molecule has 5 rings (SSSR count). The lowest BCUT2D eigenvalue weighted by Crippen LogP contribution is -2.18. The van der Waals surface area contributed by atoms with Gasteiger partial charge >= 0.3 is 12.0 Å². The van der Waals surface area contributed by atoms with Crippen LogP contribution in [0.25, 0.3) is 28.2 Å². The van der Waals surface area contributed by atoms with Crippen molar-refractivity contribution >= 4 is 45.9 Å². The first-order chi connectivity index (χ1) is 20.9. The van der Waals surface area contributed by atoms with Crippen LogP contribution in [0, 0.1) is 21.7 Å². The highest BCUT2D eigenvalue weighted by molar-refractivity contribution is 6.06. The van der Waals surface area contributed by atoms with E-state index in [2.05, 4.69) is 25.3 Å². The normalized spacial score (nSPS) is 11.6. The average Bonchev–Trinajstić information content (AvgIpc) is 3.30. The van der Waals surface area contributed by atoms with Gasteiger partial charge < -0.3 is 19.9 Å². The molecule has 10 nitrogen and oxygen atoms in total. The molecule has 0 unspecified atom stereocenters. The van der Waals surface area contributed by atoms with Crippen LogP contribution in [0.1, 0.15) is 5.56 Å². The molecule has 0 fully saturated rings. The van der Waals surface area contributed by atoms with Crippen LogP contribution < -0.4 is 15.4 Å². The Bertz CT molecular complexity index is 1920. The first-order valence-corrected chi connectivity index (χ1v) is 12.5. The summed E-state index contributed by atoms with van der Waals surface area (Å²) in [6, 6.07) is 13.4. The molecule has 3 aromatic carbocycles. The first-order valence-electron chi connectivity index (χ1n) is 12.5. The number of para-hydroxylation sites is 1. The van der Waals surface area contributed by atoms with Gasteiger partial charge in [0.05, 0.1) is 22.5 Å². The van der Waals surface area contributed by atoms with Crippen molar-refractivity contribution in [1.29, 1.82) is 0 Å². The Morgan fingerprint density at radius 3 is 2.50 bits per heavy atom. The van der Waals surface area contributed by atoms with E-state index in [1.54, 1.807) is 29.9 Å². The fraction of sp³-hybridized carbons (Fsp3) is 0.0690. The number of anilines is 3. The minimum absolute atomic E-state index is 0.109. The number of carbonyl (C=O) groups is 1. The molecule has 224 valence electrons. The SMILES string of the molecule is Cn1cc(-c2nc(Nc3cc([N+](=O)[O-])c(F)cc3OC(F)(F)F)ncc2NC(=O)/C=C/c2ccc(F)cc2)c2ccccc21. The molecule has 1 amide bonds. The van der Waals surface area contributed by atoms with E-state index < -0.39 is 46.0 Å². The van der Waals surface area contributed by atoms with Crippen LogP contribution in [0.3, 0.4) is 0 Å². The quantitative estimate of drug-likeness (QED) is 0.0830. The number of nitrogens with one attached hydrogen (secondary N) is 2. The van der Waals surface area contributed by atoms with Crippen molar-refractivity contribution in [3.63, 3.8) is 0 Å². The number of ether oxygens (including phenoxy) is 1. The predicted octanol–water partition coefficient (Wildman–Crippen LogP) is 7.12. The van der Waals surface area contributed by atoms with E-state index in [0.717, 1.165) is 5.52 Å². The summed E-state index contributed by atoms with van der Waals surface area (Å²) in [5, 5.41) is 17.1. The standard InChI is InChI=1S/C29H19F5N6O4/c1-39-15-19(18-4-2-3-5-23(18)39)27-22(36-26(41)11-8-16-6-9-17(30)10-7-16)14-35-28(38-27)37-21-13-24(40(42)43)20(31)12-25(21)44-29(32,33)34/h2-15H,1H3,(H,36,41)(H,35,37,38)/b11-8+. The second-order valence-electron chi connectivity index (χ2n) is 9.23. The topological polar surface area (TPSA) is 124 Å². The number of nitro groups is 1. The van der Waals surface area contributed by atoms with Gasteiger partial charge in [0.2, 0.25) is 17.7 Å². The Hall–Kier alpha value is -5.86. The van der Waals surface area contributed by atoms with Gasteiger partial charge in [-0.3, -0.25) is 14.9 Å². The van der Waals surface area contributed by atoms with Crippen molar-refractivity contribution in [2.45, 2.75) is 6.36 Å². The number of fused-ring (bicyclic) bond motifs is 1. The lowest BCUT2D eigenvalue weighted by molar-refractivity contribution is -0.387. The molecule has 44 heavy (non-hydrogen) atoms. The van der Waals surface area contributed by atoms with E-state index in [1.807, 2.05) is 12.1 Å². The van der Waals surface area contributed by atoms with Gasteiger partial charge in [-0.25, -0.2) is 14.4 Å². The Morgan fingerprint density at radius 1 is 1.07 bits per heavy atom. The highest BCUT2D eigenvalue weighted by Crippen LogP contribution is 2.38. The maximum Gasteiger partial charge on any atom is 0.573 e. The monoisotopic (exact) mass is 610 g/mol. The van der Waals surface area contributed by atoms with Gasteiger partial charge in [0.15, 0.2) is 5.75 Å². The molecule has 0 aliphatic rings. The molecule has 5 aromatic rings. The number of rotatable bonds is 8. The van der Waals surface area contributed by atoms with Crippen LogP contribution in [0.2, 0.25) is 0 Å². The molecule has 2 aromatic heterocycles. The molecule has 0 spiro atoms. The number of amides is 1. The summed E-state index contributed by atoms with van der Waals surface area (Å²) in [5.74, 6) is -4.04. The van der Waals surface area contributed by atoms with Crippen LogP contribution in [-0.2, 0) is 11.8 Å². The molecule has 0 saturated heterocycles. The van der Waals surface area contributed by atoms with Gasteiger partial charge in [-0.15, -0.1) is 13.2 Å². The number of halogens is 5. The second kappa shape index (κ2) is 11.8. The Kier molecular flexibility index (Phi) is 7.94. The van der Waals surface area contributed by atoms with Crippen LogP contribution in [0.4, 0.5) is 45.0 Å². The highest BCUT2D eigenvalue weighted by atomic mass is 19.4. The van der Waals surface area contributed by atoms with E-state index in [0.29, 0.717) is 22.6 Å². The van der Waals surface area contributed by atoms with Gasteiger partial charge in [0, 0.05) is 47.9 Å². The summed E-state index contributed by atoms with van der Waals surface area (Å²) in [6.45, 7) is 0. The molecular weight excluding hydrogens is 591 g/mol. The van der Waals surface area contributed by atoms with Crippen molar-refractivity contribution in [3.05, 3.63) is 106 Å². The first kappa shape index (κ1) is 29.6. The number of hydrogen-bond donors (Lipinski definition) is 2. The van der Waals surface area contributed by atoms with Crippen molar-refractivity contribution in [2.75, 3.05) is 10.6 Å². The van der Waals surface area contributed by atoms with E-state index in [9.17, 15) is 36.9 Å². The molecule has 0 atom stereocenters. The number of aryl methyl sites for hydroxylation is 1. The number of alkyl halides is 3. The molecule has 2 heterocycles. The third kappa shape index (κ3) is 6.61. The van der Waals surface area contributed by atoms with Crippen LogP contribution in [0.5, 0.6) is 5.75 Å². The van der Waals surface area contributed by atoms with Gasteiger partial charge in [0.1, 0.15) is 11.5 Å². The Balaban J connectivity index is 1.57. The molecule has 0 aliphatic heterocycles. The zero-order valence-electron chi connectivity index (χ0n) is 22.4. The maximum absolute atomic E-state index is 14.2. The summed E-state index contributed by atoms with van der Waals surface area (Å²) >= 11 is 0. The maximum atomic E-state index is 14.2. The third-order valence-electron chi connectivity index (χ3n) is 6.21. The fourth-order valence-corrected chi connectivity index (χ4v) is 4.30. The predicted molar refractivity (Wildman–Crippen MR) is 151 cm³/mol. The van der Waals surface area contributed by atoms with Crippen molar-refractivity contribution < 1.29 is 36.4 Å². The number of aromatic nitrogens is 3. The number of nitrogens with zero attached hydrogens (tertiary/aromatic N) is 4. The molecule has 2 N–H and O–H groups in total. The van der Waals surface area contributed by atoms with Crippen molar-refractivity contribution in [3.8, 4) is 17.0 Å². The van der Waals surface area contributed by atoms with Crippen LogP contribution in [0.15, 0.2) is 79.1 Å². The smallest absolute Gasteiger partial charge is 0.403 e. The van der Waals surface area contributed by atoms with Crippen LogP contribution >= 0.6 is 0 Å². The molecule has 0 aliphatic carbocycles. The number of nitro benzene ring substituents is 1. The number of carbonyl (C=O) groups excluding carboxylic acids is 1. The molecule has 0 bridgehead atoms. The molecule has 15 heteroatoms. The van der Waals surface area contributed by atoms with E-state index >= 15 is 0 Å². The zero-order chi connectivity index (χ0) is 31.6. The summed E-state index contributed by atoms with van der Waals surface area (Å²) in [6.07, 6.45) is 0.293. The fourth-order valence-electron chi connectivity index (χ4n) is 4.30. The van der Waals surface area contributed by atoms with Crippen molar-refractivity contribution in [1.82, 2.24) is 14.5 Å². The third-order valence-corrected chi connectivity index (χ3v) is 6.21. The Morgan fingerprint density at radius 2 is 1.80 bits per heavy atom. The van der Waals surface area contributed by atoms with E-state index in [1.165, 1.54) is 42.6 Å². The van der Waals surface area contributed by atoms with Gasteiger partial charge in [-0.2, -0.15) is 4.39 Å². The summed E-state index contributed by atoms with van der Waals surface area (Å²) in [7, 11) is 1.77. The van der Waals surface area contributed by atoms with Gasteiger partial charge in [-0.1, -0.05) is 30.3 Å². The molecule has 0 radical (unpaired) electrons. The molecular formula is C29H19F5N6O4. The lowest BCUT2D eigenvalue weighted by atomic mass is 10.1. The van der Waals surface area contributed by atoms with E-state index in [4.69, 9.17) is 0 Å². The number of hydrogen-bond acceptors (Lipinski definition) is 7. The Labute approximate surface area is 244 Å². The summed E-state index contributed by atoms with van der Waals surface area (Å²) in [5.41, 5.74) is 0.334. The highest BCUT2D eigenvalue weighted by Gasteiger charge is 2.34. The second-order valence-corrected chi connectivity index (χ2v) is 9.23. The average molecular weight is 610 g/mol. The lowest BCUT2D eigenvalue weighted by Gasteiger charge is -2.15. The largest absolute Gasteiger partial charge is 0.573 e. The molecule has 0 saturated carbocycles. The van der Waals surface area contributed by atoms with Gasteiger partial charge in [-0.05, 0) is 29.8 Å². The van der Waals surface area contributed by atoms with Crippen LogP contribution in [-0.4, -0.2) is 31.7 Å².